The van der Waals surface area contributed by atoms with Crippen molar-refractivity contribution in [3.8, 4) is 0 Å². The maximum absolute atomic E-state index is 3.83. The lowest BCUT2D eigenvalue weighted by atomic mass is 10.1. The Hall–Kier alpha value is -3.47. The Morgan fingerprint density at radius 2 is 1.09 bits per heavy atom. The molecule has 32 heavy (non-hydrogen) atoms. The SMILES string of the molecule is C=C/C=C\c1cc(P(c2ccc3ccccc3c2)c2ccc3ccccc3c2)ccc1C. The highest BCUT2D eigenvalue weighted by Crippen LogP contribution is 2.35. The summed E-state index contributed by atoms with van der Waals surface area (Å²) in [5.74, 6) is 0. The molecule has 5 aromatic carbocycles. The van der Waals surface area contributed by atoms with E-state index in [0.717, 1.165) is 0 Å². The molecular formula is C31H25P. The smallest absolute Gasteiger partial charge is 0.0134 e. The van der Waals surface area contributed by atoms with Crippen molar-refractivity contribution >= 4 is 51.5 Å². The van der Waals surface area contributed by atoms with Gasteiger partial charge in [0.05, 0.1) is 0 Å². The van der Waals surface area contributed by atoms with Gasteiger partial charge in [0, 0.05) is 0 Å². The van der Waals surface area contributed by atoms with Crippen molar-refractivity contribution in [2.24, 2.45) is 0 Å². The van der Waals surface area contributed by atoms with Crippen molar-refractivity contribution in [3.05, 3.63) is 133 Å². The minimum atomic E-state index is -0.696. The maximum atomic E-state index is 3.83. The molecule has 0 bridgehead atoms. The Labute approximate surface area is 191 Å². The second kappa shape index (κ2) is 8.95. The lowest BCUT2D eigenvalue weighted by molar-refractivity contribution is 1.46. The van der Waals surface area contributed by atoms with Gasteiger partial charge in [-0.1, -0.05) is 110 Å². The van der Waals surface area contributed by atoms with E-state index in [1.54, 1.807) is 0 Å². The summed E-state index contributed by atoms with van der Waals surface area (Å²) in [5.41, 5.74) is 2.52. The molecule has 0 aliphatic carbocycles. The molecule has 0 radical (unpaired) electrons. The predicted molar refractivity (Wildman–Crippen MR) is 144 cm³/mol. The molecule has 0 unspecified atom stereocenters. The van der Waals surface area contributed by atoms with Gasteiger partial charge in [-0.15, -0.1) is 0 Å². The van der Waals surface area contributed by atoms with E-state index in [2.05, 4.69) is 123 Å². The van der Waals surface area contributed by atoms with Gasteiger partial charge in [0.2, 0.25) is 0 Å². The van der Waals surface area contributed by atoms with Crippen molar-refractivity contribution in [1.82, 2.24) is 0 Å². The average molecular weight is 429 g/mol. The third kappa shape index (κ3) is 4.03. The fourth-order valence-corrected chi connectivity index (χ4v) is 6.57. The molecule has 0 aliphatic rings. The first-order chi connectivity index (χ1) is 15.7. The van der Waals surface area contributed by atoms with Crippen molar-refractivity contribution in [2.75, 3.05) is 0 Å². The van der Waals surface area contributed by atoms with Crippen LogP contribution in [0, 0.1) is 6.92 Å². The van der Waals surface area contributed by atoms with Gasteiger partial charge in [0.25, 0.3) is 0 Å². The lowest BCUT2D eigenvalue weighted by Crippen LogP contribution is -2.21. The van der Waals surface area contributed by atoms with Crippen LogP contribution in [0.4, 0.5) is 0 Å². The van der Waals surface area contributed by atoms with Crippen LogP contribution < -0.4 is 15.9 Å². The standard InChI is InChI=1S/C31H25P/c1-3-4-9-26-20-29(17-14-23(26)2)32(30-18-15-24-10-5-7-12-27(24)21-30)31-19-16-25-11-6-8-13-28(25)22-31/h3-22H,1H2,2H3/b9-4-. The average Bonchev–Trinajstić information content (AvgIpc) is 2.84. The molecule has 0 N–H and O–H groups in total. The number of rotatable bonds is 5. The number of hydrogen-bond donors (Lipinski definition) is 0. The zero-order valence-corrected chi connectivity index (χ0v) is 19.1. The molecule has 0 amide bonds. The molecule has 0 spiro atoms. The first-order valence-corrected chi connectivity index (χ1v) is 12.2. The minimum absolute atomic E-state index is 0.696. The van der Waals surface area contributed by atoms with Gasteiger partial charge < -0.3 is 0 Å². The molecular weight excluding hydrogens is 403 g/mol. The van der Waals surface area contributed by atoms with E-state index < -0.39 is 7.92 Å². The summed E-state index contributed by atoms with van der Waals surface area (Å²) in [5, 5.41) is 9.24. The Bertz CT molecular complexity index is 1380. The van der Waals surface area contributed by atoms with Crippen molar-refractivity contribution in [3.63, 3.8) is 0 Å². The van der Waals surface area contributed by atoms with Gasteiger partial charge in [0.15, 0.2) is 0 Å². The van der Waals surface area contributed by atoms with Crippen LogP contribution in [0.25, 0.3) is 27.6 Å². The molecule has 0 saturated heterocycles. The third-order valence-corrected chi connectivity index (χ3v) is 8.30. The second-order valence-electron chi connectivity index (χ2n) is 8.03. The molecule has 0 aromatic heterocycles. The zero-order valence-electron chi connectivity index (χ0n) is 18.2. The van der Waals surface area contributed by atoms with Gasteiger partial charge in [-0.05, 0) is 81.6 Å². The monoisotopic (exact) mass is 428 g/mol. The van der Waals surface area contributed by atoms with Crippen molar-refractivity contribution in [1.29, 1.82) is 0 Å². The van der Waals surface area contributed by atoms with Crippen LogP contribution in [0.3, 0.4) is 0 Å². The highest BCUT2D eigenvalue weighted by atomic mass is 31.1. The largest absolute Gasteiger partial charge is 0.0991 e. The van der Waals surface area contributed by atoms with E-state index in [1.807, 2.05) is 12.2 Å². The number of allylic oxidation sites excluding steroid dienone is 2. The van der Waals surface area contributed by atoms with Crippen molar-refractivity contribution < 1.29 is 0 Å². The van der Waals surface area contributed by atoms with Crippen LogP contribution in [0.15, 0.2) is 122 Å². The molecule has 0 nitrogen and oxygen atoms in total. The summed E-state index contributed by atoms with van der Waals surface area (Å²) < 4.78 is 0. The highest BCUT2D eigenvalue weighted by Gasteiger charge is 2.18. The zero-order chi connectivity index (χ0) is 21.9. The summed E-state index contributed by atoms with van der Waals surface area (Å²) in [6, 6.07) is 38.0. The van der Waals surface area contributed by atoms with E-state index in [4.69, 9.17) is 0 Å². The van der Waals surface area contributed by atoms with Crippen LogP contribution in [-0.4, -0.2) is 0 Å². The molecule has 0 aliphatic heterocycles. The van der Waals surface area contributed by atoms with Crippen LogP contribution in [0.5, 0.6) is 0 Å². The molecule has 5 aromatic rings. The lowest BCUT2D eigenvalue weighted by Gasteiger charge is -2.21. The first kappa shape index (κ1) is 20.4. The quantitative estimate of drug-likeness (QED) is 0.204. The Balaban J connectivity index is 1.72. The first-order valence-electron chi connectivity index (χ1n) is 10.9. The van der Waals surface area contributed by atoms with Crippen LogP contribution in [-0.2, 0) is 0 Å². The highest BCUT2D eigenvalue weighted by molar-refractivity contribution is 7.79. The molecule has 5 rings (SSSR count). The van der Waals surface area contributed by atoms with E-state index in [-0.39, 0.29) is 0 Å². The number of hydrogen-bond acceptors (Lipinski definition) is 0. The number of fused-ring (bicyclic) bond motifs is 2. The molecule has 0 atom stereocenters. The number of aryl methyl sites for hydroxylation is 1. The molecule has 154 valence electrons. The molecule has 0 saturated carbocycles. The second-order valence-corrected chi connectivity index (χ2v) is 10.3. The van der Waals surface area contributed by atoms with E-state index in [0.29, 0.717) is 0 Å². The molecule has 0 fully saturated rings. The van der Waals surface area contributed by atoms with Crippen molar-refractivity contribution in [2.45, 2.75) is 6.92 Å². The Kier molecular flexibility index (Phi) is 5.71. The van der Waals surface area contributed by atoms with Crippen LogP contribution in [0.1, 0.15) is 11.1 Å². The molecule has 0 heterocycles. The minimum Gasteiger partial charge on any atom is -0.0991 e. The van der Waals surface area contributed by atoms with Crippen LogP contribution >= 0.6 is 7.92 Å². The summed E-state index contributed by atoms with van der Waals surface area (Å²) in [6.07, 6.45) is 6.00. The Morgan fingerprint density at radius 1 is 0.594 bits per heavy atom. The van der Waals surface area contributed by atoms with E-state index in [1.165, 1.54) is 48.6 Å². The number of benzene rings is 5. The Morgan fingerprint density at radius 3 is 1.66 bits per heavy atom. The van der Waals surface area contributed by atoms with Gasteiger partial charge in [0.1, 0.15) is 0 Å². The van der Waals surface area contributed by atoms with Gasteiger partial charge >= 0.3 is 0 Å². The fraction of sp³-hybridized carbons (Fsp3) is 0.0323. The van der Waals surface area contributed by atoms with Gasteiger partial charge in [-0.25, -0.2) is 0 Å². The molecule has 1 heteroatoms. The van der Waals surface area contributed by atoms with Gasteiger partial charge in [-0.3, -0.25) is 0 Å². The summed E-state index contributed by atoms with van der Waals surface area (Å²) in [7, 11) is -0.696. The topological polar surface area (TPSA) is 0 Å². The predicted octanol–water partition coefficient (Wildman–Crippen LogP) is 7.26. The van der Waals surface area contributed by atoms with Gasteiger partial charge in [-0.2, -0.15) is 0 Å². The van der Waals surface area contributed by atoms with E-state index in [9.17, 15) is 0 Å². The fourth-order valence-electron chi connectivity index (χ4n) is 4.20. The summed E-state index contributed by atoms with van der Waals surface area (Å²) in [4.78, 5) is 0. The summed E-state index contributed by atoms with van der Waals surface area (Å²) in [6.45, 7) is 6.00. The van der Waals surface area contributed by atoms with E-state index >= 15 is 0 Å². The summed E-state index contributed by atoms with van der Waals surface area (Å²) >= 11 is 0. The van der Waals surface area contributed by atoms with Crippen LogP contribution in [0.2, 0.25) is 0 Å². The maximum Gasteiger partial charge on any atom is -0.0134 e. The third-order valence-electron chi connectivity index (χ3n) is 5.92. The normalized spacial score (nSPS) is 11.6.